The molecular formula is C13H12ClFN2O2. The van der Waals surface area contributed by atoms with Crippen LogP contribution in [-0.2, 0) is 9.53 Å². The van der Waals surface area contributed by atoms with Crippen LogP contribution in [0.15, 0.2) is 23.3 Å². The van der Waals surface area contributed by atoms with Gasteiger partial charge in [0.25, 0.3) is 0 Å². The van der Waals surface area contributed by atoms with Crippen molar-refractivity contribution >= 4 is 23.0 Å². The minimum absolute atomic E-state index is 0.0165. The normalized spacial score (nSPS) is 23.2. The SMILES string of the molecule is Cc1cc(C2=CC(=O)C(C)(N=N)OC2)c(F)cc1Cl. The second kappa shape index (κ2) is 4.83. The number of carbonyl (C=O) groups is 1. The van der Waals surface area contributed by atoms with E-state index in [0.29, 0.717) is 16.2 Å². The second-order valence-corrected chi connectivity index (χ2v) is 4.91. The van der Waals surface area contributed by atoms with Crippen LogP contribution in [0.2, 0.25) is 5.02 Å². The molecule has 1 aromatic rings. The van der Waals surface area contributed by atoms with E-state index in [-0.39, 0.29) is 12.2 Å². The zero-order valence-electron chi connectivity index (χ0n) is 10.5. The number of rotatable bonds is 2. The maximum absolute atomic E-state index is 13.9. The summed E-state index contributed by atoms with van der Waals surface area (Å²) in [5, 5.41) is 3.49. The first-order chi connectivity index (χ1) is 8.87. The van der Waals surface area contributed by atoms with Crippen molar-refractivity contribution in [1.82, 2.24) is 0 Å². The summed E-state index contributed by atoms with van der Waals surface area (Å²) in [5.74, 6) is -0.986. The molecule has 0 radical (unpaired) electrons. The van der Waals surface area contributed by atoms with Gasteiger partial charge in [0, 0.05) is 10.6 Å². The molecule has 1 aliphatic rings. The Bertz CT molecular complexity index is 601. The van der Waals surface area contributed by atoms with Gasteiger partial charge in [0.15, 0.2) is 0 Å². The molecule has 4 nitrogen and oxygen atoms in total. The molecule has 0 saturated carbocycles. The number of halogens is 2. The molecule has 1 aromatic carbocycles. The molecule has 0 fully saturated rings. The molecule has 1 aliphatic heterocycles. The van der Waals surface area contributed by atoms with Crippen LogP contribution in [0.25, 0.3) is 5.57 Å². The summed E-state index contributed by atoms with van der Waals surface area (Å²) in [6, 6.07) is 2.78. The van der Waals surface area contributed by atoms with Crippen molar-refractivity contribution in [3.8, 4) is 0 Å². The maximum atomic E-state index is 13.9. The minimum atomic E-state index is -1.50. The number of hydrogen-bond donors (Lipinski definition) is 1. The van der Waals surface area contributed by atoms with Gasteiger partial charge >= 0.3 is 0 Å². The van der Waals surface area contributed by atoms with Crippen molar-refractivity contribution in [3.63, 3.8) is 0 Å². The van der Waals surface area contributed by atoms with Gasteiger partial charge in [0.05, 0.1) is 6.61 Å². The molecule has 6 heteroatoms. The van der Waals surface area contributed by atoms with Crippen molar-refractivity contribution in [1.29, 1.82) is 5.53 Å². The lowest BCUT2D eigenvalue weighted by Gasteiger charge is -2.26. The van der Waals surface area contributed by atoms with Crippen molar-refractivity contribution in [3.05, 3.63) is 40.2 Å². The van der Waals surface area contributed by atoms with Crippen molar-refractivity contribution in [2.75, 3.05) is 6.61 Å². The standard InChI is InChI=1S/C13H12ClFN2O2/c1-7-3-9(11(15)5-10(7)14)8-4-12(18)13(2,17-16)19-6-8/h3-5,16H,6H2,1-2H3. The lowest BCUT2D eigenvalue weighted by atomic mass is 9.97. The molecule has 2 rings (SSSR count). The molecule has 0 amide bonds. The van der Waals surface area contributed by atoms with E-state index in [4.69, 9.17) is 21.9 Å². The van der Waals surface area contributed by atoms with E-state index in [1.165, 1.54) is 19.1 Å². The topological polar surface area (TPSA) is 62.5 Å². The summed E-state index contributed by atoms with van der Waals surface area (Å²) in [6.45, 7) is 3.17. The molecule has 1 atom stereocenters. The number of ether oxygens (including phenoxy) is 1. The number of carbonyl (C=O) groups excluding carboxylic acids is 1. The third kappa shape index (κ3) is 2.43. The van der Waals surface area contributed by atoms with Crippen molar-refractivity contribution in [2.45, 2.75) is 19.6 Å². The van der Waals surface area contributed by atoms with Crippen LogP contribution in [0, 0.1) is 18.3 Å². The van der Waals surface area contributed by atoms with Crippen molar-refractivity contribution in [2.24, 2.45) is 5.11 Å². The van der Waals surface area contributed by atoms with Gasteiger partial charge in [-0.1, -0.05) is 11.6 Å². The average Bonchev–Trinajstić information content (AvgIpc) is 2.37. The predicted molar refractivity (Wildman–Crippen MR) is 68.6 cm³/mol. The van der Waals surface area contributed by atoms with Crippen LogP contribution < -0.4 is 0 Å². The lowest BCUT2D eigenvalue weighted by molar-refractivity contribution is -0.137. The molecule has 100 valence electrons. The maximum Gasteiger partial charge on any atom is 0.239 e. The number of hydrogen-bond acceptors (Lipinski definition) is 4. The fourth-order valence-corrected chi connectivity index (χ4v) is 1.92. The summed E-state index contributed by atoms with van der Waals surface area (Å²) in [6.07, 6.45) is 1.27. The minimum Gasteiger partial charge on any atom is -0.341 e. The first-order valence-corrected chi connectivity index (χ1v) is 5.99. The lowest BCUT2D eigenvalue weighted by Crippen LogP contribution is -2.38. The monoisotopic (exact) mass is 282 g/mol. The van der Waals surface area contributed by atoms with E-state index in [2.05, 4.69) is 5.11 Å². The summed E-state index contributed by atoms with van der Waals surface area (Å²) in [5.41, 5.74) is 6.87. The van der Waals surface area contributed by atoms with Gasteiger partial charge in [-0.15, -0.1) is 0 Å². The molecule has 1 heterocycles. The Morgan fingerprint density at radius 3 is 2.79 bits per heavy atom. The quantitative estimate of drug-likeness (QED) is 0.844. The van der Waals surface area contributed by atoms with Gasteiger partial charge < -0.3 is 4.74 Å². The third-order valence-corrected chi connectivity index (χ3v) is 3.49. The van der Waals surface area contributed by atoms with Gasteiger partial charge in [0.1, 0.15) is 5.82 Å². The first kappa shape index (κ1) is 13.8. The molecule has 0 bridgehead atoms. The molecule has 19 heavy (non-hydrogen) atoms. The Labute approximate surface area is 114 Å². The number of benzene rings is 1. The Hall–Kier alpha value is -1.59. The smallest absolute Gasteiger partial charge is 0.239 e. The van der Waals surface area contributed by atoms with Crippen LogP contribution in [-0.4, -0.2) is 18.1 Å². The molecule has 0 saturated heterocycles. The van der Waals surface area contributed by atoms with Gasteiger partial charge in [-0.05, 0) is 43.2 Å². The highest BCUT2D eigenvalue weighted by atomic mass is 35.5. The van der Waals surface area contributed by atoms with Crippen LogP contribution in [0.5, 0.6) is 0 Å². The molecule has 1 unspecified atom stereocenters. The Balaban J connectivity index is 2.45. The van der Waals surface area contributed by atoms with E-state index in [1.807, 2.05) is 0 Å². The molecule has 0 spiro atoms. The fourth-order valence-electron chi connectivity index (χ4n) is 1.77. The van der Waals surface area contributed by atoms with E-state index >= 15 is 0 Å². The zero-order chi connectivity index (χ0) is 14.2. The molecule has 0 aromatic heterocycles. The summed E-state index contributed by atoms with van der Waals surface area (Å²) < 4.78 is 19.1. The largest absolute Gasteiger partial charge is 0.341 e. The molecule has 1 N–H and O–H groups in total. The van der Waals surface area contributed by atoms with Crippen LogP contribution in [0.4, 0.5) is 4.39 Å². The summed E-state index contributed by atoms with van der Waals surface area (Å²) in [7, 11) is 0. The zero-order valence-corrected chi connectivity index (χ0v) is 11.2. The van der Waals surface area contributed by atoms with Gasteiger partial charge in [-0.25, -0.2) is 9.92 Å². The number of aryl methyl sites for hydroxylation is 1. The van der Waals surface area contributed by atoms with E-state index in [1.54, 1.807) is 13.0 Å². The fraction of sp³-hybridized carbons (Fsp3) is 0.308. The predicted octanol–water partition coefficient (Wildman–Crippen LogP) is 3.52. The van der Waals surface area contributed by atoms with E-state index in [0.717, 1.165) is 0 Å². The molecule has 0 aliphatic carbocycles. The van der Waals surface area contributed by atoms with E-state index in [9.17, 15) is 9.18 Å². The van der Waals surface area contributed by atoms with Gasteiger partial charge in [-0.3, -0.25) is 4.79 Å². The highest BCUT2D eigenvalue weighted by molar-refractivity contribution is 6.31. The van der Waals surface area contributed by atoms with E-state index < -0.39 is 17.3 Å². The number of nitrogens with zero attached hydrogens (tertiary/aromatic N) is 1. The number of ketones is 1. The Kier molecular flexibility index (Phi) is 3.52. The van der Waals surface area contributed by atoms with Crippen molar-refractivity contribution < 1.29 is 13.9 Å². The highest BCUT2D eigenvalue weighted by Gasteiger charge is 2.36. The Morgan fingerprint density at radius 1 is 1.53 bits per heavy atom. The summed E-state index contributed by atoms with van der Waals surface area (Å²) in [4.78, 5) is 11.8. The van der Waals surface area contributed by atoms with Gasteiger partial charge in [-0.2, -0.15) is 5.11 Å². The number of nitrogens with one attached hydrogen (secondary N) is 1. The van der Waals surface area contributed by atoms with Gasteiger partial charge in [0.2, 0.25) is 11.5 Å². The van der Waals surface area contributed by atoms with Crippen LogP contribution in [0.1, 0.15) is 18.1 Å². The third-order valence-electron chi connectivity index (χ3n) is 3.08. The summed E-state index contributed by atoms with van der Waals surface area (Å²) >= 11 is 5.82. The highest BCUT2D eigenvalue weighted by Crippen LogP contribution is 2.30. The average molecular weight is 283 g/mol. The second-order valence-electron chi connectivity index (χ2n) is 4.50. The Morgan fingerprint density at radius 2 is 2.21 bits per heavy atom. The molecular weight excluding hydrogens is 271 g/mol. The first-order valence-electron chi connectivity index (χ1n) is 5.61. The van der Waals surface area contributed by atoms with Crippen LogP contribution in [0.3, 0.4) is 0 Å². The van der Waals surface area contributed by atoms with Crippen LogP contribution >= 0.6 is 11.6 Å².